The summed E-state index contributed by atoms with van der Waals surface area (Å²) in [7, 11) is 1.27. The van der Waals surface area contributed by atoms with Gasteiger partial charge in [-0.25, -0.2) is 4.79 Å². The molecule has 28 heavy (non-hydrogen) atoms. The maximum absolute atomic E-state index is 12.3. The smallest absolute Gasteiger partial charge is 0.343 e. The van der Waals surface area contributed by atoms with Gasteiger partial charge in [0.1, 0.15) is 5.56 Å². The van der Waals surface area contributed by atoms with Gasteiger partial charge in [0.05, 0.1) is 12.8 Å². The van der Waals surface area contributed by atoms with Crippen LogP contribution in [0.5, 0.6) is 0 Å². The molecule has 1 aromatic carbocycles. The Morgan fingerprint density at radius 1 is 1.14 bits per heavy atom. The third kappa shape index (κ3) is 4.51. The normalized spacial score (nSPS) is 10.0. The fourth-order valence-corrected chi connectivity index (χ4v) is 3.16. The number of fused-ring (bicyclic) bond motifs is 1. The maximum Gasteiger partial charge on any atom is 0.343 e. The zero-order valence-electron chi connectivity index (χ0n) is 17.3. The summed E-state index contributed by atoms with van der Waals surface area (Å²) in [5, 5.41) is 1.13. The van der Waals surface area contributed by atoms with E-state index in [4.69, 9.17) is 0 Å². The van der Waals surface area contributed by atoms with Gasteiger partial charge in [0.25, 0.3) is 5.56 Å². The number of nitrogens with one attached hydrogen (secondary N) is 1. The zero-order chi connectivity index (χ0) is 20.0. The molecule has 0 saturated carbocycles. The van der Waals surface area contributed by atoms with Crippen molar-refractivity contribution in [3.05, 3.63) is 58.0 Å². The lowest BCUT2D eigenvalue weighted by atomic mass is 10.0. The number of ether oxygens (including phenoxy) is 1. The van der Waals surface area contributed by atoms with Gasteiger partial charge in [0, 0.05) is 23.6 Å². The van der Waals surface area contributed by atoms with E-state index in [-0.39, 0.29) is 11.0 Å². The Balaban J connectivity index is 0.00000127. The van der Waals surface area contributed by atoms with Gasteiger partial charge in [-0.05, 0) is 48.2 Å². The first-order valence-corrected chi connectivity index (χ1v) is 9.52. The molecule has 0 bridgehead atoms. The SMILES string of the molecule is CC.CCCn1ccc2cc(-c3[nH]c(=O)c(C(=O)OC)cc3CC)ccc21.O. The highest BCUT2D eigenvalue weighted by Crippen LogP contribution is 2.26. The van der Waals surface area contributed by atoms with E-state index in [0.29, 0.717) is 6.42 Å². The van der Waals surface area contributed by atoms with Crippen molar-refractivity contribution < 1.29 is 15.0 Å². The van der Waals surface area contributed by atoms with Gasteiger partial charge in [-0.2, -0.15) is 0 Å². The highest BCUT2D eigenvalue weighted by atomic mass is 16.5. The summed E-state index contributed by atoms with van der Waals surface area (Å²) in [6, 6.07) is 9.88. The van der Waals surface area contributed by atoms with Crippen molar-refractivity contribution in [2.75, 3.05) is 7.11 Å². The van der Waals surface area contributed by atoms with Gasteiger partial charge in [-0.3, -0.25) is 4.79 Å². The molecule has 2 aromatic heterocycles. The van der Waals surface area contributed by atoms with Crippen molar-refractivity contribution in [3.8, 4) is 11.3 Å². The molecule has 0 spiro atoms. The van der Waals surface area contributed by atoms with Gasteiger partial charge in [0.2, 0.25) is 0 Å². The molecule has 0 aliphatic rings. The summed E-state index contributed by atoms with van der Waals surface area (Å²) >= 11 is 0. The van der Waals surface area contributed by atoms with E-state index >= 15 is 0 Å². The highest BCUT2D eigenvalue weighted by Gasteiger charge is 2.16. The van der Waals surface area contributed by atoms with Gasteiger partial charge in [0.15, 0.2) is 0 Å². The molecule has 6 heteroatoms. The number of carbonyl (C=O) groups is 1. The predicted molar refractivity (Wildman–Crippen MR) is 114 cm³/mol. The minimum absolute atomic E-state index is 0. The maximum atomic E-state index is 12.3. The van der Waals surface area contributed by atoms with Crippen LogP contribution < -0.4 is 5.56 Å². The standard InChI is InChI=1S/C20H22N2O3.C2H6.H2O/c1-4-9-22-10-8-14-11-15(6-7-17(14)22)18-13(5-2)12-16(19(23)21-18)20(24)25-3;1-2;/h6-8,10-12H,4-5,9H2,1-3H3,(H,21,23);1-2H3;1H2. The summed E-state index contributed by atoms with van der Waals surface area (Å²) in [6.07, 6.45) is 3.86. The fraction of sp³-hybridized carbons (Fsp3) is 0.364. The van der Waals surface area contributed by atoms with E-state index in [1.165, 1.54) is 12.6 Å². The largest absolute Gasteiger partial charge is 0.465 e. The van der Waals surface area contributed by atoms with Crippen molar-refractivity contribution in [1.82, 2.24) is 9.55 Å². The van der Waals surface area contributed by atoms with Crippen molar-refractivity contribution >= 4 is 16.9 Å². The Hall–Kier alpha value is -2.86. The quantitative estimate of drug-likeness (QED) is 0.672. The van der Waals surface area contributed by atoms with Crippen molar-refractivity contribution in [3.63, 3.8) is 0 Å². The monoisotopic (exact) mass is 386 g/mol. The minimum Gasteiger partial charge on any atom is -0.465 e. The van der Waals surface area contributed by atoms with Crippen LogP contribution >= 0.6 is 0 Å². The third-order valence-corrected chi connectivity index (χ3v) is 4.43. The average Bonchev–Trinajstić information content (AvgIpc) is 3.11. The molecule has 152 valence electrons. The van der Waals surface area contributed by atoms with Crippen molar-refractivity contribution in [2.45, 2.75) is 47.1 Å². The molecule has 6 nitrogen and oxygen atoms in total. The number of nitrogens with zero attached hydrogens (tertiary/aromatic N) is 1. The van der Waals surface area contributed by atoms with Crippen LogP contribution in [0, 0.1) is 0 Å². The van der Waals surface area contributed by atoms with Crippen LogP contribution in [-0.2, 0) is 17.7 Å². The van der Waals surface area contributed by atoms with Crippen LogP contribution in [-0.4, -0.2) is 28.1 Å². The zero-order valence-corrected chi connectivity index (χ0v) is 17.3. The molecule has 0 radical (unpaired) electrons. The molecule has 0 fully saturated rings. The van der Waals surface area contributed by atoms with E-state index in [0.717, 1.165) is 35.2 Å². The molecule has 2 heterocycles. The van der Waals surface area contributed by atoms with Crippen LogP contribution in [0.15, 0.2) is 41.3 Å². The third-order valence-electron chi connectivity index (χ3n) is 4.43. The average molecular weight is 386 g/mol. The van der Waals surface area contributed by atoms with E-state index < -0.39 is 11.5 Å². The molecule has 0 atom stereocenters. The molecule has 0 aliphatic carbocycles. The van der Waals surface area contributed by atoms with Crippen LogP contribution in [0.25, 0.3) is 22.2 Å². The topological polar surface area (TPSA) is 95.6 Å². The lowest BCUT2D eigenvalue weighted by Gasteiger charge is -2.11. The lowest BCUT2D eigenvalue weighted by molar-refractivity contribution is 0.0598. The van der Waals surface area contributed by atoms with Crippen LogP contribution in [0.3, 0.4) is 0 Å². The summed E-state index contributed by atoms with van der Waals surface area (Å²) < 4.78 is 6.91. The lowest BCUT2D eigenvalue weighted by Crippen LogP contribution is -2.20. The first-order chi connectivity index (χ1) is 13.1. The predicted octanol–water partition coefficient (Wildman–Crippen LogP) is 3.96. The van der Waals surface area contributed by atoms with Crippen LogP contribution in [0.2, 0.25) is 0 Å². The van der Waals surface area contributed by atoms with E-state index in [9.17, 15) is 9.59 Å². The first-order valence-electron chi connectivity index (χ1n) is 9.52. The summed E-state index contributed by atoms with van der Waals surface area (Å²) in [6.45, 7) is 9.13. The number of H-pyrrole nitrogens is 1. The molecule has 0 saturated heterocycles. The molecule has 0 unspecified atom stereocenters. The Bertz CT molecular complexity index is 986. The number of hydrogen-bond acceptors (Lipinski definition) is 3. The summed E-state index contributed by atoms with van der Waals surface area (Å²) in [5.41, 5.74) is 3.39. The Labute approximate surface area is 165 Å². The minimum atomic E-state index is -0.616. The van der Waals surface area contributed by atoms with Crippen molar-refractivity contribution in [1.29, 1.82) is 0 Å². The molecule has 3 aromatic rings. The molecule has 0 aliphatic heterocycles. The second kappa shape index (κ2) is 10.5. The number of esters is 1. The Morgan fingerprint density at radius 3 is 2.46 bits per heavy atom. The molecular weight excluding hydrogens is 356 g/mol. The number of benzene rings is 1. The molecular formula is C22H30N2O4. The second-order valence-corrected chi connectivity index (χ2v) is 6.04. The van der Waals surface area contributed by atoms with Crippen molar-refractivity contribution in [2.24, 2.45) is 0 Å². The van der Waals surface area contributed by atoms with E-state index in [2.05, 4.69) is 45.6 Å². The van der Waals surface area contributed by atoms with Gasteiger partial charge in [-0.1, -0.05) is 33.8 Å². The Morgan fingerprint density at radius 2 is 1.86 bits per heavy atom. The summed E-state index contributed by atoms with van der Waals surface area (Å²) in [5.74, 6) is -0.616. The van der Waals surface area contributed by atoms with Crippen LogP contribution in [0.4, 0.5) is 0 Å². The number of hydrogen-bond donors (Lipinski definition) is 1. The Kier molecular flexibility index (Phi) is 8.67. The number of aromatic amines is 1. The van der Waals surface area contributed by atoms with E-state index in [1.807, 2.05) is 26.8 Å². The number of aryl methyl sites for hydroxylation is 2. The molecule has 3 rings (SSSR count). The highest BCUT2D eigenvalue weighted by molar-refractivity contribution is 5.90. The molecule has 0 amide bonds. The van der Waals surface area contributed by atoms with E-state index in [1.54, 1.807) is 6.07 Å². The van der Waals surface area contributed by atoms with Crippen LogP contribution in [0.1, 0.15) is 50.0 Å². The number of rotatable bonds is 5. The first kappa shape index (κ1) is 23.2. The summed E-state index contributed by atoms with van der Waals surface area (Å²) in [4.78, 5) is 26.9. The van der Waals surface area contributed by atoms with Gasteiger partial charge < -0.3 is 19.8 Å². The number of carbonyl (C=O) groups excluding carboxylic acids is 1. The number of pyridine rings is 1. The second-order valence-electron chi connectivity index (χ2n) is 6.04. The van der Waals surface area contributed by atoms with Gasteiger partial charge in [-0.15, -0.1) is 0 Å². The number of methoxy groups -OCH3 is 1. The molecule has 3 N–H and O–H groups in total. The number of aromatic nitrogens is 2. The van der Waals surface area contributed by atoms with Gasteiger partial charge >= 0.3 is 5.97 Å². The fourth-order valence-electron chi connectivity index (χ4n) is 3.16.